The summed E-state index contributed by atoms with van der Waals surface area (Å²) in [6.45, 7) is 1.86. The molecule has 0 bridgehead atoms. The first-order valence-electron chi connectivity index (χ1n) is 5.81. The lowest BCUT2D eigenvalue weighted by atomic mass is 10.2. The van der Waals surface area contributed by atoms with E-state index in [9.17, 15) is 8.42 Å². The fourth-order valence-electron chi connectivity index (χ4n) is 1.76. The first kappa shape index (κ1) is 15.8. The molecule has 0 heterocycles. The molecule has 1 N–H and O–H groups in total. The fourth-order valence-corrected chi connectivity index (χ4v) is 3.72. The highest BCUT2D eigenvalue weighted by Crippen LogP contribution is 2.24. The summed E-state index contributed by atoms with van der Waals surface area (Å²) in [4.78, 5) is 0.00382. The summed E-state index contributed by atoms with van der Waals surface area (Å²) >= 11 is 9.18. The van der Waals surface area contributed by atoms with Crippen LogP contribution in [-0.2, 0) is 10.0 Å². The van der Waals surface area contributed by atoms with Crippen LogP contribution in [0.2, 0.25) is 5.02 Å². The van der Waals surface area contributed by atoms with Crippen molar-refractivity contribution in [2.24, 2.45) is 0 Å². The SMILES string of the molecule is Cc1cc(Br)cc(NS(=O)(=O)c2ccc(C#N)c(Cl)c2)c1. The van der Waals surface area contributed by atoms with E-state index in [2.05, 4.69) is 20.7 Å². The van der Waals surface area contributed by atoms with Gasteiger partial charge in [0.15, 0.2) is 0 Å². The average Bonchev–Trinajstić information content (AvgIpc) is 2.36. The molecule has 0 fully saturated rings. The Morgan fingerprint density at radius 2 is 1.95 bits per heavy atom. The number of nitriles is 1. The summed E-state index contributed by atoms with van der Waals surface area (Å²) in [6, 6.07) is 11.1. The molecular formula is C14H10BrClN2O2S. The van der Waals surface area contributed by atoms with Crippen LogP contribution in [0.4, 0.5) is 5.69 Å². The third kappa shape index (κ3) is 3.76. The average molecular weight is 386 g/mol. The summed E-state index contributed by atoms with van der Waals surface area (Å²) in [5, 5.41) is 8.91. The molecule has 0 saturated carbocycles. The van der Waals surface area contributed by atoms with Gasteiger partial charge in [-0.1, -0.05) is 27.5 Å². The van der Waals surface area contributed by atoms with E-state index < -0.39 is 10.0 Å². The van der Waals surface area contributed by atoms with Crippen molar-refractivity contribution >= 4 is 43.2 Å². The van der Waals surface area contributed by atoms with Gasteiger partial charge >= 0.3 is 0 Å². The Balaban J connectivity index is 2.39. The van der Waals surface area contributed by atoms with E-state index in [0.29, 0.717) is 5.69 Å². The number of aryl methyl sites for hydroxylation is 1. The van der Waals surface area contributed by atoms with Crippen molar-refractivity contribution < 1.29 is 8.42 Å². The lowest BCUT2D eigenvalue weighted by Crippen LogP contribution is -2.13. The number of hydrogen-bond acceptors (Lipinski definition) is 3. The molecule has 0 spiro atoms. The number of hydrogen-bond donors (Lipinski definition) is 1. The first-order chi connectivity index (χ1) is 9.81. The van der Waals surface area contributed by atoms with E-state index in [4.69, 9.17) is 16.9 Å². The second-order valence-electron chi connectivity index (χ2n) is 4.38. The van der Waals surface area contributed by atoms with Gasteiger partial charge in [0.05, 0.1) is 21.2 Å². The second-order valence-corrected chi connectivity index (χ2v) is 7.38. The Hall–Kier alpha value is -1.55. The number of nitrogens with zero attached hydrogens (tertiary/aromatic N) is 1. The van der Waals surface area contributed by atoms with Crippen LogP contribution in [0.25, 0.3) is 0 Å². The van der Waals surface area contributed by atoms with Crippen LogP contribution in [-0.4, -0.2) is 8.42 Å². The largest absolute Gasteiger partial charge is 0.280 e. The zero-order chi connectivity index (χ0) is 15.6. The minimum absolute atomic E-state index is 0.00382. The third-order valence-corrected chi connectivity index (χ3v) is 4.82. The van der Waals surface area contributed by atoms with Crippen LogP contribution in [0.5, 0.6) is 0 Å². The van der Waals surface area contributed by atoms with Crippen molar-refractivity contribution in [1.82, 2.24) is 0 Å². The van der Waals surface area contributed by atoms with Crippen LogP contribution in [0, 0.1) is 18.3 Å². The topological polar surface area (TPSA) is 70.0 Å². The molecule has 2 rings (SSSR count). The van der Waals surface area contributed by atoms with Crippen molar-refractivity contribution in [1.29, 1.82) is 5.26 Å². The molecule has 0 atom stereocenters. The molecule has 2 aromatic carbocycles. The highest BCUT2D eigenvalue weighted by Gasteiger charge is 2.16. The zero-order valence-corrected chi connectivity index (χ0v) is 14.1. The van der Waals surface area contributed by atoms with Gasteiger partial charge in [-0.3, -0.25) is 4.72 Å². The highest BCUT2D eigenvalue weighted by molar-refractivity contribution is 9.10. The van der Waals surface area contributed by atoms with Gasteiger partial charge in [0.25, 0.3) is 10.0 Å². The minimum atomic E-state index is -3.76. The Labute approximate surface area is 136 Å². The third-order valence-electron chi connectivity index (χ3n) is 2.67. The fraction of sp³-hybridized carbons (Fsp3) is 0.0714. The maximum Gasteiger partial charge on any atom is 0.261 e. The van der Waals surface area contributed by atoms with Gasteiger partial charge in [-0.05, 0) is 48.9 Å². The van der Waals surface area contributed by atoms with E-state index in [0.717, 1.165) is 10.0 Å². The molecular weight excluding hydrogens is 376 g/mol. The first-order valence-corrected chi connectivity index (χ1v) is 8.47. The molecule has 0 aliphatic heterocycles. The predicted molar refractivity (Wildman–Crippen MR) is 85.9 cm³/mol. The van der Waals surface area contributed by atoms with E-state index in [1.807, 2.05) is 19.1 Å². The molecule has 0 radical (unpaired) electrons. The smallest absolute Gasteiger partial charge is 0.261 e. The van der Waals surface area contributed by atoms with Gasteiger partial charge in [-0.25, -0.2) is 8.42 Å². The van der Waals surface area contributed by atoms with Gasteiger partial charge in [0, 0.05) is 4.47 Å². The molecule has 0 aliphatic carbocycles. The van der Waals surface area contributed by atoms with E-state index in [1.54, 1.807) is 12.1 Å². The Morgan fingerprint density at radius 3 is 2.52 bits per heavy atom. The van der Waals surface area contributed by atoms with E-state index in [1.165, 1.54) is 18.2 Å². The monoisotopic (exact) mass is 384 g/mol. The lowest BCUT2D eigenvalue weighted by molar-refractivity contribution is 0.601. The summed E-state index contributed by atoms with van der Waals surface area (Å²) in [5.41, 5.74) is 1.59. The lowest BCUT2D eigenvalue weighted by Gasteiger charge is -2.10. The van der Waals surface area contributed by atoms with Gasteiger partial charge in [-0.2, -0.15) is 5.26 Å². The standard InChI is InChI=1S/C14H10BrClN2O2S/c1-9-4-11(15)6-12(5-9)18-21(19,20)13-3-2-10(8-17)14(16)7-13/h2-7,18H,1H3. The number of nitrogens with one attached hydrogen (secondary N) is 1. The van der Waals surface area contributed by atoms with Gasteiger partial charge < -0.3 is 0 Å². The van der Waals surface area contributed by atoms with E-state index >= 15 is 0 Å². The van der Waals surface area contributed by atoms with Gasteiger partial charge in [0.1, 0.15) is 6.07 Å². The van der Waals surface area contributed by atoms with Crippen LogP contribution >= 0.6 is 27.5 Å². The van der Waals surface area contributed by atoms with Crippen molar-refractivity contribution in [2.45, 2.75) is 11.8 Å². The quantitative estimate of drug-likeness (QED) is 0.865. The Morgan fingerprint density at radius 1 is 1.24 bits per heavy atom. The maximum atomic E-state index is 12.3. The number of sulfonamides is 1. The summed E-state index contributed by atoms with van der Waals surface area (Å²) in [6.07, 6.45) is 0. The van der Waals surface area contributed by atoms with Gasteiger partial charge in [0.2, 0.25) is 0 Å². The number of halogens is 2. The van der Waals surface area contributed by atoms with Crippen LogP contribution in [0.3, 0.4) is 0 Å². The van der Waals surface area contributed by atoms with Gasteiger partial charge in [-0.15, -0.1) is 0 Å². The molecule has 7 heteroatoms. The molecule has 0 saturated heterocycles. The molecule has 4 nitrogen and oxygen atoms in total. The molecule has 0 unspecified atom stereocenters. The minimum Gasteiger partial charge on any atom is -0.280 e. The van der Waals surface area contributed by atoms with Crippen LogP contribution in [0.1, 0.15) is 11.1 Å². The molecule has 2 aromatic rings. The number of anilines is 1. The van der Waals surface area contributed by atoms with Crippen molar-refractivity contribution in [2.75, 3.05) is 4.72 Å². The van der Waals surface area contributed by atoms with Crippen molar-refractivity contribution in [3.05, 3.63) is 57.0 Å². The normalized spacial score (nSPS) is 11.0. The summed E-state index contributed by atoms with van der Waals surface area (Å²) < 4.78 is 27.9. The maximum absolute atomic E-state index is 12.3. The van der Waals surface area contributed by atoms with E-state index in [-0.39, 0.29) is 15.5 Å². The second kappa shape index (κ2) is 6.06. The zero-order valence-electron chi connectivity index (χ0n) is 10.9. The Kier molecular flexibility index (Phi) is 4.57. The number of benzene rings is 2. The molecule has 108 valence electrons. The predicted octanol–water partition coefficient (Wildman–Crippen LogP) is 4.08. The van der Waals surface area contributed by atoms with Crippen molar-refractivity contribution in [3.63, 3.8) is 0 Å². The highest BCUT2D eigenvalue weighted by atomic mass is 79.9. The summed E-state index contributed by atoms with van der Waals surface area (Å²) in [5.74, 6) is 0. The van der Waals surface area contributed by atoms with Crippen LogP contribution < -0.4 is 4.72 Å². The summed E-state index contributed by atoms with van der Waals surface area (Å²) in [7, 11) is -3.76. The molecule has 0 amide bonds. The number of rotatable bonds is 3. The Bertz CT molecular complexity index is 824. The van der Waals surface area contributed by atoms with Crippen LogP contribution in [0.15, 0.2) is 45.8 Å². The molecule has 21 heavy (non-hydrogen) atoms. The molecule has 0 aliphatic rings. The molecule has 0 aromatic heterocycles. The van der Waals surface area contributed by atoms with Crippen molar-refractivity contribution in [3.8, 4) is 6.07 Å².